The molecule has 1 saturated carbocycles. The molecule has 8 heteroatoms. The van der Waals surface area contributed by atoms with Crippen molar-refractivity contribution in [2.24, 2.45) is 0 Å². The van der Waals surface area contributed by atoms with Crippen LogP contribution in [-0.2, 0) is 20.2 Å². The molecule has 1 aromatic carbocycles. The molecular weight excluding hydrogens is 372 g/mol. The minimum absolute atomic E-state index is 0.112. The van der Waals surface area contributed by atoms with Gasteiger partial charge >= 0.3 is 6.09 Å². The number of methoxy groups -OCH3 is 1. The van der Waals surface area contributed by atoms with E-state index < -0.39 is 16.1 Å². The molecule has 0 atom stereocenters. The van der Waals surface area contributed by atoms with Crippen molar-refractivity contribution in [3.05, 3.63) is 46.7 Å². The second kappa shape index (κ2) is 7.77. The SMILES string of the molecule is COC(=O)Nc1ccc(S(=O)(=O)NCC2(c3ccsc3)CCCC2)cc1. The van der Waals surface area contributed by atoms with E-state index in [4.69, 9.17) is 0 Å². The summed E-state index contributed by atoms with van der Waals surface area (Å²) in [6, 6.07) is 8.11. The average molecular weight is 395 g/mol. The molecule has 0 aliphatic heterocycles. The number of carbonyl (C=O) groups excluding carboxylic acids is 1. The first-order chi connectivity index (χ1) is 12.5. The first kappa shape index (κ1) is 18.9. The standard InChI is InChI=1S/C18H22N2O4S2/c1-24-17(21)20-15-4-6-16(7-5-15)26(22,23)19-13-18(9-2-3-10-18)14-8-11-25-12-14/h4-8,11-12,19H,2-3,9-10,13H2,1H3,(H,20,21). The maximum absolute atomic E-state index is 12.7. The smallest absolute Gasteiger partial charge is 0.411 e. The van der Waals surface area contributed by atoms with Crippen molar-refractivity contribution in [3.63, 3.8) is 0 Å². The van der Waals surface area contributed by atoms with Gasteiger partial charge in [-0.25, -0.2) is 17.9 Å². The van der Waals surface area contributed by atoms with Crippen LogP contribution in [0.3, 0.4) is 0 Å². The number of sulfonamides is 1. The second-order valence-electron chi connectivity index (χ2n) is 6.46. The summed E-state index contributed by atoms with van der Waals surface area (Å²) in [7, 11) is -2.35. The normalized spacial score (nSPS) is 16.3. The molecule has 1 heterocycles. The largest absolute Gasteiger partial charge is 0.453 e. The van der Waals surface area contributed by atoms with Crippen LogP contribution in [0.15, 0.2) is 46.0 Å². The van der Waals surface area contributed by atoms with Crippen molar-refractivity contribution >= 4 is 33.1 Å². The van der Waals surface area contributed by atoms with Crippen molar-refractivity contribution in [1.29, 1.82) is 0 Å². The van der Waals surface area contributed by atoms with E-state index in [9.17, 15) is 13.2 Å². The lowest BCUT2D eigenvalue weighted by Gasteiger charge is -2.28. The lowest BCUT2D eigenvalue weighted by molar-refractivity contribution is 0.187. The van der Waals surface area contributed by atoms with E-state index >= 15 is 0 Å². The summed E-state index contributed by atoms with van der Waals surface area (Å²) >= 11 is 1.64. The zero-order valence-corrected chi connectivity index (χ0v) is 16.2. The van der Waals surface area contributed by atoms with E-state index in [1.807, 2.05) is 5.38 Å². The Balaban J connectivity index is 1.71. The van der Waals surface area contributed by atoms with Gasteiger partial charge in [0.05, 0.1) is 12.0 Å². The summed E-state index contributed by atoms with van der Waals surface area (Å²) in [4.78, 5) is 11.4. The number of ether oxygens (including phenoxy) is 1. The number of thiophene rings is 1. The summed E-state index contributed by atoms with van der Waals surface area (Å²) in [5.41, 5.74) is 1.58. The fourth-order valence-corrected chi connectivity index (χ4v) is 5.29. The van der Waals surface area contributed by atoms with Crippen LogP contribution in [0.2, 0.25) is 0 Å². The van der Waals surface area contributed by atoms with E-state index in [2.05, 4.69) is 26.2 Å². The zero-order valence-electron chi connectivity index (χ0n) is 14.5. The van der Waals surface area contributed by atoms with Crippen LogP contribution in [0, 0.1) is 0 Å². The van der Waals surface area contributed by atoms with Gasteiger partial charge in [-0.2, -0.15) is 11.3 Å². The highest BCUT2D eigenvalue weighted by molar-refractivity contribution is 7.89. The molecule has 6 nitrogen and oxygen atoms in total. The van der Waals surface area contributed by atoms with Gasteiger partial charge in [-0.3, -0.25) is 5.32 Å². The van der Waals surface area contributed by atoms with Gasteiger partial charge in [0.1, 0.15) is 0 Å². The highest BCUT2D eigenvalue weighted by Gasteiger charge is 2.37. The number of amides is 1. The molecule has 1 aliphatic carbocycles. The Hall–Kier alpha value is -1.90. The third-order valence-electron chi connectivity index (χ3n) is 4.89. The average Bonchev–Trinajstić information content (AvgIpc) is 3.33. The van der Waals surface area contributed by atoms with Crippen molar-refractivity contribution in [2.75, 3.05) is 19.0 Å². The number of hydrogen-bond acceptors (Lipinski definition) is 5. The maximum atomic E-state index is 12.7. The number of nitrogens with one attached hydrogen (secondary N) is 2. The molecule has 1 aromatic heterocycles. The number of rotatable bonds is 6. The molecular formula is C18H22N2O4S2. The van der Waals surface area contributed by atoms with E-state index in [1.165, 1.54) is 36.9 Å². The summed E-state index contributed by atoms with van der Waals surface area (Å²) in [6.45, 7) is 0.397. The minimum Gasteiger partial charge on any atom is -0.453 e. The fourth-order valence-electron chi connectivity index (χ4n) is 3.39. The third kappa shape index (κ3) is 4.08. The van der Waals surface area contributed by atoms with E-state index in [0.717, 1.165) is 25.7 Å². The maximum Gasteiger partial charge on any atom is 0.411 e. The number of benzene rings is 1. The second-order valence-corrected chi connectivity index (χ2v) is 9.01. The Bertz CT molecular complexity index is 840. The van der Waals surface area contributed by atoms with Crippen molar-refractivity contribution < 1.29 is 17.9 Å². The summed E-state index contributed by atoms with van der Waals surface area (Å²) in [5.74, 6) is 0. The predicted molar refractivity (Wildman–Crippen MR) is 102 cm³/mol. The minimum atomic E-state index is -3.62. The first-order valence-electron chi connectivity index (χ1n) is 8.43. The quantitative estimate of drug-likeness (QED) is 0.782. The third-order valence-corrected chi connectivity index (χ3v) is 6.99. The van der Waals surface area contributed by atoms with Gasteiger partial charge in [0.2, 0.25) is 10.0 Å². The summed E-state index contributed by atoms with van der Waals surface area (Å²) < 4.78 is 32.6. The van der Waals surface area contributed by atoms with E-state index in [-0.39, 0.29) is 10.3 Å². The molecule has 26 heavy (non-hydrogen) atoms. The molecule has 140 valence electrons. The molecule has 1 amide bonds. The van der Waals surface area contributed by atoms with Crippen LogP contribution in [0.5, 0.6) is 0 Å². The van der Waals surface area contributed by atoms with Crippen LogP contribution in [-0.4, -0.2) is 28.2 Å². The van der Waals surface area contributed by atoms with Gasteiger partial charge in [-0.1, -0.05) is 12.8 Å². The van der Waals surface area contributed by atoms with Crippen molar-refractivity contribution in [1.82, 2.24) is 4.72 Å². The number of hydrogen-bond donors (Lipinski definition) is 2. The van der Waals surface area contributed by atoms with E-state index in [1.54, 1.807) is 11.3 Å². The lowest BCUT2D eigenvalue weighted by atomic mass is 9.81. The molecule has 1 aliphatic rings. The summed E-state index contributed by atoms with van der Waals surface area (Å²) in [5, 5.41) is 6.65. The Kier molecular flexibility index (Phi) is 5.64. The topological polar surface area (TPSA) is 84.5 Å². The Labute approximate surface area is 157 Å². The molecule has 0 saturated heterocycles. The molecule has 2 aromatic rings. The van der Waals surface area contributed by atoms with Gasteiger partial charge in [-0.15, -0.1) is 0 Å². The Morgan fingerprint density at radius 3 is 2.46 bits per heavy atom. The number of anilines is 1. The van der Waals surface area contributed by atoms with E-state index in [0.29, 0.717) is 12.2 Å². The highest BCUT2D eigenvalue weighted by atomic mass is 32.2. The van der Waals surface area contributed by atoms with Gasteiger partial charge in [0.25, 0.3) is 0 Å². The molecule has 0 spiro atoms. The van der Waals surface area contributed by atoms with Crippen LogP contribution in [0.1, 0.15) is 31.2 Å². The highest BCUT2D eigenvalue weighted by Crippen LogP contribution is 2.41. The Morgan fingerprint density at radius 1 is 1.19 bits per heavy atom. The van der Waals surface area contributed by atoms with Crippen LogP contribution in [0.4, 0.5) is 10.5 Å². The molecule has 0 unspecified atom stereocenters. The lowest BCUT2D eigenvalue weighted by Crippen LogP contribution is -2.38. The van der Waals surface area contributed by atoms with Crippen molar-refractivity contribution in [3.8, 4) is 0 Å². The van der Waals surface area contributed by atoms with Gasteiger partial charge in [0.15, 0.2) is 0 Å². The Morgan fingerprint density at radius 2 is 1.88 bits per heavy atom. The van der Waals surface area contributed by atoms with Crippen LogP contribution >= 0.6 is 11.3 Å². The molecule has 2 N–H and O–H groups in total. The molecule has 0 radical (unpaired) electrons. The zero-order chi connectivity index (χ0) is 18.6. The molecule has 0 bridgehead atoms. The predicted octanol–water partition coefficient (Wildman–Crippen LogP) is 3.72. The van der Waals surface area contributed by atoms with Crippen LogP contribution < -0.4 is 10.0 Å². The monoisotopic (exact) mass is 394 g/mol. The number of carbonyl (C=O) groups is 1. The fraction of sp³-hybridized carbons (Fsp3) is 0.389. The van der Waals surface area contributed by atoms with Gasteiger partial charge in [-0.05, 0) is 59.5 Å². The van der Waals surface area contributed by atoms with Gasteiger partial charge < -0.3 is 4.74 Å². The molecule has 1 fully saturated rings. The first-order valence-corrected chi connectivity index (χ1v) is 10.9. The molecule has 3 rings (SSSR count). The summed E-state index contributed by atoms with van der Waals surface area (Å²) in [6.07, 6.45) is 3.62. The van der Waals surface area contributed by atoms with Crippen molar-refractivity contribution in [2.45, 2.75) is 36.0 Å². The van der Waals surface area contributed by atoms with Crippen LogP contribution in [0.25, 0.3) is 0 Å². The van der Waals surface area contributed by atoms with Gasteiger partial charge in [0, 0.05) is 17.6 Å².